The third-order valence-corrected chi connectivity index (χ3v) is 1.29. The van der Waals surface area contributed by atoms with Crippen molar-refractivity contribution < 1.29 is 18.7 Å². The van der Waals surface area contributed by atoms with Gasteiger partial charge in [0, 0.05) is 6.07 Å². The summed E-state index contributed by atoms with van der Waals surface area (Å²) in [6, 6.07) is 1.37. The van der Waals surface area contributed by atoms with Gasteiger partial charge in [0.05, 0.1) is 5.56 Å². The molecule has 0 radical (unpaired) electrons. The van der Waals surface area contributed by atoms with E-state index < -0.39 is 17.4 Å². The molecule has 1 rings (SSSR count). The van der Waals surface area contributed by atoms with E-state index in [9.17, 15) is 13.6 Å². The number of benzene rings is 1. The van der Waals surface area contributed by atoms with Crippen LogP contribution in [0.4, 0.5) is 8.78 Å². The van der Waals surface area contributed by atoms with Crippen molar-refractivity contribution in [3.05, 3.63) is 29.3 Å². The number of phenols is 1. The van der Waals surface area contributed by atoms with Gasteiger partial charge < -0.3 is 5.11 Å². The maximum atomic E-state index is 12.6. The quantitative estimate of drug-likeness (QED) is 0.483. The molecule has 1 aromatic rings. The third kappa shape index (κ3) is 2.03. The van der Waals surface area contributed by atoms with Gasteiger partial charge in [-0.05, 0) is 12.0 Å². The molecule has 0 heterocycles. The van der Waals surface area contributed by atoms with Gasteiger partial charge in [0.2, 0.25) is 0 Å². The molecule has 0 atom stereocenters. The Labute approximate surface area is 72.8 Å². The fourth-order valence-corrected chi connectivity index (χ4v) is 0.768. The van der Waals surface area contributed by atoms with Crippen molar-refractivity contribution in [1.82, 2.24) is 0 Å². The number of carbonyl (C=O) groups excluding carboxylic acids is 1. The molecule has 0 unspecified atom stereocenters. The highest BCUT2D eigenvalue weighted by atomic mass is 19.1. The van der Waals surface area contributed by atoms with Gasteiger partial charge in [0.1, 0.15) is 5.82 Å². The van der Waals surface area contributed by atoms with E-state index in [1.807, 2.05) is 5.92 Å². The molecule has 4 heteroatoms. The van der Waals surface area contributed by atoms with E-state index in [-0.39, 0.29) is 11.8 Å². The lowest BCUT2D eigenvalue weighted by Crippen LogP contribution is -1.85. The van der Waals surface area contributed by atoms with Crippen molar-refractivity contribution >= 4 is 6.29 Å². The van der Waals surface area contributed by atoms with E-state index in [0.717, 1.165) is 6.07 Å². The first-order chi connectivity index (χ1) is 6.15. The van der Waals surface area contributed by atoms with Gasteiger partial charge in [0.15, 0.2) is 17.9 Å². The van der Waals surface area contributed by atoms with Crippen molar-refractivity contribution in [1.29, 1.82) is 0 Å². The van der Waals surface area contributed by atoms with Crippen LogP contribution in [-0.2, 0) is 4.79 Å². The highest BCUT2D eigenvalue weighted by Gasteiger charge is 2.07. The van der Waals surface area contributed by atoms with Gasteiger partial charge in [0.25, 0.3) is 0 Å². The summed E-state index contributed by atoms with van der Waals surface area (Å²) < 4.78 is 25.1. The highest BCUT2D eigenvalue weighted by Crippen LogP contribution is 2.21. The standard InChI is InChI=1S/C9H4F2O2/c10-7-4-6(2-1-3-12)9(13)8(11)5-7/h3-5,13H. The van der Waals surface area contributed by atoms with Crippen molar-refractivity contribution in [3.8, 4) is 17.6 Å². The molecule has 0 aliphatic carbocycles. The van der Waals surface area contributed by atoms with Crippen molar-refractivity contribution in [2.45, 2.75) is 0 Å². The number of phenolic OH excluding ortho intramolecular Hbond substituents is 1. The summed E-state index contributed by atoms with van der Waals surface area (Å²) in [5.74, 6) is 1.32. The van der Waals surface area contributed by atoms with Gasteiger partial charge in [-0.1, -0.05) is 5.92 Å². The van der Waals surface area contributed by atoms with E-state index >= 15 is 0 Å². The zero-order valence-corrected chi connectivity index (χ0v) is 6.34. The summed E-state index contributed by atoms with van der Waals surface area (Å²) in [7, 11) is 0. The first-order valence-electron chi connectivity index (χ1n) is 3.28. The minimum Gasteiger partial charge on any atom is -0.504 e. The summed E-state index contributed by atoms with van der Waals surface area (Å²) in [5.41, 5.74) is -0.246. The predicted molar refractivity (Wildman–Crippen MR) is 41.0 cm³/mol. The van der Waals surface area contributed by atoms with E-state index in [0.29, 0.717) is 6.07 Å². The molecule has 0 fully saturated rings. The normalized spacial score (nSPS) is 8.77. The fraction of sp³-hybridized carbons (Fsp3) is 0. The van der Waals surface area contributed by atoms with Crippen LogP contribution in [0.2, 0.25) is 0 Å². The minimum absolute atomic E-state index is 0.246. The lowest BCUT2D eigenvalue weighted by Gasteiger charge is -1.97. The monoisotopic (exact) mass is 182 g/mol. The van der Waals surface area contributed by atoms with Crippen LogP contribution in [0.15, 0.2) is 12.1 Å². The first-order valence-corrected chi connectivity index (χ1v) is 3.28. The molecule has 1 N–H and O–H groups in total. The Kier molecular flexibility index (Phi) is 2.60. The molecule has 0 saturated carbocycles. The molecule has 0 saturated heterocycles. The predicted octanol–water partition coefficient (Wildman–Crippen LogP) is 1.22. The second-order valence-corrected chi connectivity index (χ2v) is 2.17. The fourth-order valence-electron chi connectivity index (χ4n) is 0.768. The largest absolute Gasteiger partial charge is 0.504 e. The molecule has 0 aliphatic heterocycles. The minimum atomic E-state index is -1.10. The van der Waals surface area contributed by atoms with Gasteiger partial charge in [-0.15, -0.1) is 0 Å². The highest BCUT2D eigenvalue weighted by molar-refractivity contribution is 5.74. The molecule has 0 aromatic heterocycles. The number of aromatic hydroxyl groups is 1. The third-order valence-electron chi connectivity index (χ3n) is 1.29. The Morgan fingerprint density at radius 1 is 1.38 bits per heavy atom. The number of aldehydes is 1. The molecule has 0 amide bonds. The molecular formula is C9H4F2O2. The Bertz CT molecular complexity index is 402. The van der Waals surface area contributed by atoms with Crippen LogP contribution in [-0.4, -0.2) is 11.4 Å². The topological polar surface area (TPSA) is 37.3 Å². The number of carbonyl (C=O) groups is 1. The smallest absolute Gasteiger partial charge is 0.193 e. The average molecular weight is 182 g/mol. The summed E-state index contributed by atoms with van der Waals surface area (Å²) >= 11 is 0. The van der Waals surface area contributed by atoms with Gasteiger partial charge in [-0.2, -0.15) is 0 Å². The van der Waals surface area contributed by atoms with Gasteiger partial charge >= 0.3 is 0 Å². The van der Waals surface area contributed by atoms with Crippen LogP contribution in [0.5, 0.6) is 5.75 Å². The Morgan fingerprint density at radius 2 is 2.08 bits per heavy atom. The molecule has 1 aromatic carbocycles. The van der Waals surface area contributed by atoms with Crippen LogP contribution in [0, 0.1) is 23.5 Å². The number of hydrogen-bond donors (Lipinski definition) is 1. The Balaban J connectivity index is 3.28. The lowest BCUT2D eigenvalue weighted by molar-refractivity contribution is -0.103. The van der Waals surface area contributed by atoms with Crippen molar-refractivity contribution in [2.24, 2.45) is 0 Å². The summed E-state index contributed by atoms with van der Waals surface area (Å²) in [5, 5.41) is 8.99. The second-order valence-electron chi connectivity index (χ2n) is 2.17. The summed E-state index contributed by atoms with van der Waals surface area (Å²) in [6.45, 7) is 0. The summed E-state index contributed by atoms with van der Waals surface area (Å²) in [6.07, 6.45) is 0.266. The number of halogens is 2. The van der Waals surface area contributed by atoms with E-state index in [1.165, 1.54) is 0 Å². The molecule has 0 spiro atoms. The van der Waals surface area contributed by atoms with E-state index in [4.69, 9.17) is 5.11 Å². The molecule has 2 nitrogen and oxygen atoms in total. The molecule has 0 aliphatic rings. The van der Waals surface area contributed by atoms with Crippen LogP contribution in [0.3, 0.4) is 0 Å². The molecular weight excluding hydrogens is 178 g/mol. The number of hydrogen-bond acceptors (Lipinski definition) is 2. The number of rotatable bonds is 0. The molecule has 66 valence electrons. The van der Waals surface area contributed by atoms with Gasteiger partial charge in [-0.25, -0.2) is 8.78 Å². The maximum absolute atomic E-state index is 12.6. The van der Waals surface area contributed by atoms with Gasteiger partial charge in [-0.3, -0.25) is 4.79 Å². The zero-order valence-electron chi connectivity index (χ0n) is 6.34. The Hall–Kier alpha value is -1.89. The SMILES string of the molecule is O=CC#Cc1cc(F)cc(F)c1O. The Morgan fingerprint density at radius 3 is 2.69 bits per heavy atom. The zero-order chi connectivity index (χ0) is 9.84. The van der Waals surface area contributed by atoms with Crippen molar-refractivity contribution in [3.63, 3.8) is 0 Å². The van der Waals surface area contributed by atoms with E-state index in [2.05, 4.69) is 5.92 Å². The van der Waals surface area contributed by atoms with Crippen LogP contribution in [0.25, 0.3) is 0 Å². The van der Waals surface area contributed by atoms with Crippen LogP contribution >= 0.6 is 0 Å². The molecule has 0 bridgehead atoms. The molecule has 13 heavy (non-hydrogen) atoms. The second kappa shape index (κ2) is 3.68. The summed E-state index contributed by atoms with van der Waals surface area (Å²) in [4.78, 5) is 9.82. The average Bonchev–Trinajstić information content (AvgIpc) is 2.09. The maximum Gasteiger partial charge on any atom is 0.193 e. The van der Waals surface area contributed by atoms with Crippen molar-refractivity contribution in [2.75, 3.05) is 0 Å². The van der Waals surface area contributed by atoms with Crippen LogP contribution in [0.1, 0.15) is 5.56 Å². The van der Waals surface area contributed by atoms with E-state index in [1.54, 1.807) is 0 Å². The lowest BCUT2D eigenvalue weighted by atomic mass is 10.2. The first kappa shape index (κ1) is 9.20. The van der Waals surface area contributed by atoms with Crippen LogP contribution < -0.4 is 0 Å².